The second-order valence-corrected chi connectivity index (χ2v) is 28.6. The van der Waals surface area contributed by atoms with Gasteiger partial charge in [-0.1, -0.05) is 91.0 Å². The summed E-state index contributed by atoms with van der Waals surface area (Å²) < 4.78 is 79.8. The molecule has 1 aliphatic heterocycles. The van der Waals surface area contributed by atoms with Crippen LogP contribution in [-0.4, -0.2) is 121 Å². The van der Waals surface area contributed by atoms with Crippen molar-refractivity contribution in [3.8, 4) is 0 Å². The molecule has 1 fully saturated rings. The van der Waals surface area contributed by atoms with Crippen LogP contribution in [0.15, 0.2) is 157 Å². The molecule has 0 radical (unpaired) electrons. The Morgan fingerprint density at radius 3 is 1.17 bits per heavy atom. The molecule has 0 saturated carbocycles. The number of rotatable bonds is 11. The summed E-state index contributed by atoms with van der Waals surface area (Å²) in [6.07, 6.45) is 5.34. The Kier molecular flexibility index (Phi) is 29.6. The molecule has 6 heterocycles. The monoisotopic (exact) mass is 1230 g/mol. The SMILES string of the molecule is CN(C)CCc1cc2ccccc2s1.CNC.CS(=O)(=O)Cl.CS(=O)(=O)OCCc1cc2ccccc2s1.O=S1(=O)OCCO1.OCCc1cc2ccccc2s1.OCCc1cc2ccccc2s1.c1ccc2sccc2c1. The Balaban J connectivity index is 0.000000199. The Morgan fingerprint density at radius 2 is 0.872 bits per heavy atom. The largest absolute Gasteiger partial charge is 0.400 e. The number of thiophene rings is 5. The first-order chi connectivity index (χ1) is 37.2. The minimum absolute atomic E-state index is 0.155. The van der Waals surface area contributed by atoms with Crippen molar-refractivity contribution >= 4 is 147 Å². The van der Waals surface area contributed by atoms with Gasteiger partial charge in [-0.15, -0.1) is 56.7 Å². The first-order valence-electron chi connectivity index (χ1n) is 24.2. The number of fused-ring (bicyclic) bond motifs is 5. The molecule has 3 N–H and O–H groups in total. The normalized spacial score (nSPS) is 12.5. The van der Waals surface area contributed by atoms with E-state index in [1.807, 2.05) is 67.9 Å². The van der Waals surface area contributed by atoms with Gasteiger partial charge in [-0.25, -0.2) is 16.8 Å². The van der Waals surface area contributed by atoms with Gasteiger partial charge in [0.1, 0.15) is 0 Å². The van der Waals surface area contributed by atoms with Gasteiger partial charge in [-0.05, 0) is 128 Å². The summed E-state index contributed by atoms with van der Waals surface area (Å²) in [6.45, 7) is 2.14. The third-order valence-electron chi connectivity index (χ3n) is 9.97. The lowest BCUT2D eigenvalue weighted by molar-refractivity contribution is 0.300. The van der Waals surface area contributed by atoms with Crippen LogP contribution in [0.2, 0.25) is 0 Å². The molecule has 10 aromatic rings. The summed E-state index contributed by atoms with van der Waals surface area (Å²) in [6, 6.07) is 52.5. The highest BCUT2D eigenvalue weighted by Crippen LogP contribution is 2.28. The molecule has 0 spiro atoms. The fourth-order valence-corrected chi connectivity index (χ4v) is 12.7. The molecule has 1 aliphatic rings. The summed E-state index contributed by atoms with van der Waals surface area (Å²) in [5.74, 6) is 0. The van der Waals surface area contributed by atoms with Gasteiger partial charge >= 0.3 is 10.4 Å². The summed E-state index contributed by atoms with van der Waals surface area (Å²) in [7, 11) is 2.43. The quantitative estimate of drug-likeness (QED) is 0.0821. The van der Waals surface area contributed by atoms with E-state index in [0.717, 1.165) is 43.2 Å². The molecule has 0 aliphatic carbocycles. The average Bonchev–Trinajstić information content (AvgIpc) is 4.27. The van der Waals surface area contributed by atoms with E-state index in [9.17, 15) is 25.3 Å². The number of benzene rings is 5. The summed E-state index contributed by atoms with van der Waals surface area (Å²) in [4.78, 5) is 7.38. The number of hydrogen-bond donors (Lipinski definition) is 3. The van der Waals surface area contributed by atoms with Crippen LogP contribution in [0.1, 0.15) is 19.5 Å². The Labute approximate surface area is 484 Å². The number of halogens is 1. The van der Waals surface area contributed by atoms with E-state index >= 15 is 0 Å². The first-order valence-corrected chi connectivity index (χ1v) is 34.2. The van der Waals surface area contributed by atoms with Gasteiger partial charge in [-0.2, -0.15) is 16.8 Å². The molecule has 13 nitrogen and oxygen atoms in total. The van der Waals surface area contributed by atoms with Gasteiger partial charge in [0.05, 0.1) is 32.3 Å². The van der Waals surface area contributed by atoms with Gasteiger partial charge in [0, 0.05) is 92.7 Å². The lowest BCUT2D eigenvalue weighted by atomic mass is 10.2. The van der Waals surface area contributed by atoms with Crippen LogP contribution in [0.5, 0.6) is 0 Å². The van der Waals surface area contributed by atoms with Crippen molar-refractivity contribution in [1.82, 2.24) is 10.2 Å². The zero-order valence-electron chi connectivity index (χ0n) is 44.2. The number of aliphatic hydroxyl groups is 2. The zero-order chi connectivity index (χ0) is 57.0. The fraction of sp³-hybridized carbons (Fsp3) is 0.286. The van der Waals surface area contributed by atoms with E-state index in [-0.39, 0.29) is 33.0 Å². The summed E-state index contributed by atoms with van der Waals surface area (Å²) in [5.41, 5.74) is 0. The maximum Gasteiger partial charge on any atom is 0.400 e. The topological polar surface area (TPSA) is 186 Å². The number of nitrogens with zero attached hydrogens (tertiary/aromatic N) is 1. The van der Waals surface area contributed by atoms with Gasteiger partial charge in [0.25, 0.3) is 10.1 Å². The van der Waals surface area contributed by atoms with Crippen LogP contribution in [0.25, 0.3) is 50.4 Å². The fourth-order valence-electron chi connectivity index (χ4n) is 6.70. The molecule has 0 bridgehead atoms. The van der Waals surface area contributed by atoms with Crippen LogP contribution in [0.3, 0.4) is 0 Å². The van der Waals surface area contributed by atoms with Crippen LogP contribution in [-0.2, 0) is 67.8 Å². The summed E-state index contributed by atoms with van der Waals surface area (Å²) >= 11 is 8.90. The van der Waals surface area contributed by atoms with E-state index in [4.69, 9.17) is 14.4 Å². The first kappa shape index (κ1) is 66.3. The predicted octanol–water partition coefficient (Wildman–Crippen LogP) is 12.5. The van der Waals surface area contributed by atoms with E-state index in [1.165, 1.54) is 65.1 Å². The van der Waals surface area contributed by atoms with Gasteiger partial charge in [-0.3, -0.25) is 4.18 Å². The molecule has 0 unspecified atom stereocenters. The van der Waals surface area contributed by atoms with E-state index in [1.54, 1.807) is 45.3 Å². The van der Waals surface area contributed by atoms with E-state index < -0.39 is 29.6 Å². The van der Waals surface area contributed by atoms with Crippen LogP contribution in [0.4, 0.5) is 0 Å². The number of likely N-dealkylation sites (N-methyl/N-ethyl adjacent to an activating group) is 1. The number of aliphatic hydroxyl groups excluding tert-OH is 2. The lowest BCUT2D eigenvalue weighted by Gasteiger charge is -2.06. The molecule has 1 saturated heterocycles. The molecule has 0 amide bonds. The Bertz CT molecular complexity index is 3390. The maximum atomic E-state index is 10.8. The minimum Gasteiger partial charge on any atom is -0.396 e. The maximum absolute atomic E-state index is 10.8. The minimum atomic E-state index is -3.55. The van der Waals surface area contributed by atoms with Crippen molar-refractivity contribution in [2.75, 3.05) is 80.3 Å². The van der Waals surface area contributed by atoms with Gasteiger partial charge in [0.2, 0.25) is 9.05 Å². The molecule has 22 heteroatoms. The Hall–Kier alpha value is -4.24. The van der Waals surface area contributed by atoms with Gasteiger partial charge < -0.3 is 20.4 Å². The number of hydrogen-bond acceptors (Lipinski definition) is 18. The van der Waals surface area contributed by atoms with E-state index in [0.29, 0.717) is 6.42 Å². The lowest BCUT2D eigenvalue weighted by Crippen LogP contribution is -2.14. The summed E-state index contributed by atoms with van der Waals surface area (Å²) in [5, 5.41) is 28.9. The molecule has 78 heavy (non-hydrogen) atoms. The standard InChI is InChI=1S/C12H15NS.C11H12O3S2.2C10H10OS.C8H6S.C2H7N.C2H4O4S.CH3ClO2S/c1-13(2)8-7-11-9-10-5-3-4-6-12(10)14-11;1-16(12,13)14-7-6-10-8-9-4-2-3-5-11(9)15-10;2*11-6-5-9-7-8-3-1-2-4-10(8)12-9;1-2-4-8-7(3-1)5-6-9-8;1-3-2;3-7(4)5-1-2-6-7;1-5(2,3)4/h3-6,9H,7-8H2,1-2H3;2-5,8H,6-7H2,1H3;2*1-4,7,11H,5-6H2;1-6H;3H,1-2H3;1-2H2;1H3. The molecule has 11 rings (SSSR count). The van der Waals surface area contributed by atoms with Crippen molar-refractivity contribution in [2.45, 2.75) is 25.7 Å². The van der Waals surface area contributed by atoms with E-state index in [2.05, 4.69) is 158 Å². The molecular weight excluding hydrogens is 1170 g/mol. The second kappa shape index (κ2) is 34.8. The number of nitrogens with one attached hydrogen (secondary N) is 1. The predicted molar refractivity (Wildman–Crippen MR) is 334 cm³/mol. The van der Waals surface area contributed by atoms with Gasteiger partial charge in [0.15, 0.2) is 0 Å². The van der Waals surface area contributed by atoms with Crippen LogP contribution in [0, 0.1) is 0 Å². The molecule has 5 aromatic carbocycles. The van der Waals surface area contributed by atoms with Crippen molar-refractivity contribution in [1.29, 1.82) is 0 Å². The zero-order valence-corrected chi connectivity index (χ0v) is 51.5. The third-order valence-corrected chi connectivity index (χ3v) is 17.1. The highest BCUT2D eigenvalue weighted by atomic mass is 35.7. The van der Waals surface area contributed by atoms with Crippen LogP contribution >= 0.6 is 67.4 Å². The molecule has 5 aromatic heterocycles. The third kappa shape index (κ3) is 26.8. The highest BCUT2D eigenvalue weighted by molar-refractivity contribution is 8.13. The highest BCUT2D eigenvalue weighted by Gasteiger charge is 2.18. The Morgan fingerprint density at radius 1 is 0.551 bits per heavy atom. The van der Waals surface area contributed by atoms with Crippen molar-refractivity contribution in [3.05, 3.63) is 177 Å². The van der Waals surface area contributed by atoms with Crippen molar-refractivity contribution in [3.63, 3.8) is 0 Å². The van der Waals surface area contributed by atoms with Crippen molar-refractivity contribution in [2.24, 2.45) is 0 Å². The second-order valence-electron chi connectivity index (χ2n) is 17.0. The molecule has 0 atom stereocenters. The molecular formula is C56H67ClN2O11S8. The van der Waals surface area contributed by atoms with Crippen LogP contribution < -0.4 is 5.32 Å². The average molecular weight is 1240 g/mol. The molecule has 422 valence electrons. The smallest absolute Gasteiger partial charge is 0.396 e. The van der Waals surface area contributed by atoms with Crippen molar-refractivity contribution < 1.29 is 48.0 Å².